The van der Waals surface area contributed by atoms with E-state index in [2.05, 4.69) is 568 Å². The van der Waals surface area contributed by atoms with Gasteiger partial charge in [-0.1, -0.05) is 328 Å². The first kappa shape index (κ1) is 85.5. The normalized spacial score (nSPS) is 11.6. The smallest absolute Gasteiger partial charge is 0.145 e. The Labute approximate surface area is 846 Å². The molecule has 29 aromatic rings. The van der Waals surface area contributed by atoms with E-state index < -0.39 is 0 Å². The van der Waals surface area contributed by atoms with Crippen LogP contribution in [0.4, 0.5) is 51.2 Å². The van der Waals surface area contributed by atoms with E-state index in [0.717, 1.165) is 106 Å². The van der Waals surface area contributed by atoms with Crippen molar-refractivity contribution in [1.82, 2.24) is 13.7 Å². The second-order valence-corrected chi connectivity index (χ2v) is 39.1. The standard InChI is InChI=1S/2C48H32N2S.C40H26N2O/c1-4-13-33(14-5-1)35-15-12-20-40(31-35)49(37-16-6-2-7-17-37)39-26-23-34(24-27-39)36-25-29-44-43(32-36)47-45(50(44)38-18-8-3-9-19-38)30-28-42-41-21-10-11-22-46(41)51-48(42)47;1-3-12-36(13-4-1)49(37-14-5-2-6-15-37)38-27-22-33(23-28-38)35-26-31-46-44(32-35)41-16-7-9-20-45(41)50(46)39-29-24-34(25-30-39)40-18-11-19-43-42-17-8-10-21-47(42)51-48(40)43;1-3-13-29(14-4-1)41(30-15-5-2-6-16-30)32-21-23-36-35(26-32)39-37(24-22-34-33-17-9-10-18-38(33)43-40(34)39)42(36)31-20-19-27-11-7-8-12-28(27)25-31/h2*1-32H;1-26H. The molecule has 0 saturated heterocycles. The topological polar surface area (TPSA) is 37.6 Å². The number of anilines is 9. The number of nitrogens with zero attached hydrogens (tertiary/aromatic N) is 6. The van der Waals surface area contributed by atoms with Crippen LogP contribution in [0.15, 0.2) is 550 Å². The molecule has 0 bridgehead atoms. The lowest BCUT2D eigenvalue weighted by atomic mass is 10.0. The van der Waals surface area contributed by atoms with Gasteiger partial charge in [0, 0.05) is 146 Å². The molecular weight excluding hydrogens is 1800 g/mol. The molecule has 0 spiro atoms. The van der Waals surface area contributed by atoms with Crippen molar-refractivity contribution in [2.24, 2.45) is 0 Å². The van der Waals surface area contributed by atoms with Gasteiger partial charge >= 0.3 is 0 Å². The van der Waals surface area contributed by atoms with Crippen molar-refractivity contribution in [2.75, 3.05) is 14.7 Å². The summed E-state index contributed by atoms with van der Waals surface area (Å²) in [7, 11) is 0. The van der Waals surface area contributed by atoms with Gasteiger partial charge in [-0.15, -0.1) is 22.7 Å². The van der Waals surface area contributed by atoms with Gasteiger partial charge in [-0.05, 0) is 274 Å². The molecule has 29 rings (SSSR count). The Morgan fingerprint density at radius 1 is 0.172 bits per heavy atom. The van der Waals surface area contributed by atoms with Crippen LogP contribution in [0, 0.1) is 0 Å². The Kier molecular flexibility index (Phi) is 21.6. The van der Waals surface area contributed by atoms with Crippen molar-refractivity contribution in [2.45, 2.75) is 0 Å². The molecule has 0 aliphatic carbocycles. The molecule has 0 radical (unpaired) electrons. The van der Waals surface area contributed by atoms with Crippen molar-refractivity contribution in [1.29, 1.82) is 0 Å². The summed E-state index contributed by atoms with van der Waals surface area (Å²) in [5.74, 6) is 0. The van der Waals surface area contributed by atoms with Crippen molar-refractivity contribution >= 4 is 212 Å². The molecule has 0 atom stereocenters. The van der Waals surface area contributed by atoms with Gasteiger partial charge in [0.25, 0.3) is 0 Å². The maximum Gasteiger partial charge on any atom is 0.145 e. The molecular formula is C136H90N6OS2. The van der Waals surface area contributed by atoms with Gasteiger partial charge in [-0.25, -0.2) is 0 Å². The summed E-state index contributed by atoms with van der Waals surface area (Å²) >= 11 is 3.78. The van der Waals surface area contributed by atoms with E-state index in [0.29, 0.717) is 0 Å². The number of furan rings is 1. The van der Waals surface area contributed by atoms with Crippen LogP contribution >= 0.6 is 22.7 Å². The number of hydrogen-bond acceptors (Lipinski definition) is 6. The van der Waals surface area contributed by atoms with Gasteiger partial charge in [-0.3, -0.25) is 0 Å². The zero-order chi connectivity index (χ0) is 95.8. The lowest BCUT2D eigenvalue weighted by Gasteiger charge is -2.26. The highest BCUT2D eigenvalue weighted by Gasteiger charge is 2.26. The molecule has 23 aromatic carbocycles. The zero-order valence-corrected chi connectivity index (χ0v) is 80.5. The Morgan fingerprint density at radius 3 is 1.14 bits per heavy atom. The van der Waals surface area contributed by atoms with E-state index in [4.69, 9.17) is 4.42 Å². The number of hydrogen-bond donors (Lipinski definition) is 0. The fourth-order valence-corrected chi connectivity index (χ4v) is 24.3. The average Bonchev–Trinajstić information content (AvgIpc) is 1.56. The number of aromatic nitrogens is 3. The van der Waals surface area contributed by atoms with E-state index in [-0.39, 0.29) is 0 Å². The van der Waals surface area contributed by atoms with Gasteiger partial charge in [0.15, 0.2) is 0 Å². The van der Waals surface area contributed by atoms with E-state index in [1.54, 1.807) is 0 Å². The number of benzene rings is 23. The second kappa shape index (κ2) is 36.5. The summed E-state index contributed by atoms with van der Waals surface area (Å²) in [5.41, 5.74) is 32.2. The molecule has 0 saturated carbocycles. The van der Waals surface area contributed by atoms with E-state index in [1.165, 1.54) is 145 Å². The molecule has 9 heteroatoms. The SMILES string of the molecule is c1ccc(-c2cccc(N(c3ccccc3)c3ccc(-c4ccc5c(c4)c4c6sc7ccccc7c6ccc4n5-c4ccccc4)cc3)c2)cc1.c1ccc(N(c2ccccc2)c2ccc(-c3ccc4c(c3)c3ccccc3n4-c3ccc(-c4cccc5c4sc4ccccc45)cc3)cc2)cc1.c1ccc(N(c2ccccc2)c2ccc3c(c2)c2c4oc5ccccc5c4ccc2n3-c2ccc3ccccc3c2)cc1. The first-order valence-electron chi connectivity index (χ1n) is 49.3. The van der Waals surface area contributed by atoms with Crippen molar-refractivity contribution in [3.8, 4) is 61.6 Å². The Hall–Kier alpha value is -18.6. The van der Waals surface area contributed by atoms with E-state index in [1.807, 2.05) is 28.7 Å². The Balaban J connectivity index is 0.000000108. The predicted octanol–water partition coefficient (Wildman–Crippen LogP) is 39.2. The molecule has 0 N–H and O–H groups in total. The van der Waals surface area contributed by atoms with Crippen LogP contribution in [0.5, 0.6) is 0 Å². The quantitative estimate of drug-likeness (QED) is 0.0966. The Morgan fingerprint density at radius 2 is 0.531 bits per heavy atom. The third kappa shape index (κ3) is 15.4. The van der Waals surface area contributed by atoms with Crippen LogP contribution in [-0.4, -0.2) is 13.7 Å². The van der Waals surface area contributed by atoms with Crippen LogP contribution < -0.4 is 14.7 Å². The summed E-state index contributed by atoms with van der Waals surface area (Å²) in [6.45, 7) is 0. The number of thiophene rings is 2. The minimum absolute atomic E-state index is 0.906. The molecule has 0 aliphatic heterocycles. The third-order valence-corrected chi connectivity index (χ3v) is 30.9. The molecule has 145 heavy (non-hydrogen) atoms. The second-order valence-electron chi connectivity index (χ2n) is 36.9. The fourth-order valence-electron chi connectivity index (χ4n) is 21.8. The largest absolute Gasteiger partial charge is 0.455 e. The van der Waals surface area contributed by atoms with Gasteiger partial charge in [0.1, 0.15) is 11.2 Å². The van der Waals surface area contributed by atoms with Gasteiger partial charge in [0.2, 0.25) is 0 Å². The van der Waals surface area contributed by atoms with E-state index in [9.17, 15) is 0 Å². The van der Waals surface area contributed by atoms with E-state index >= 15 is 0 Å². The molecule has 6 aromatic heterocycles. The van der Waals surface area contributed by atoms with Crippen LogP contribution in [0.3, 0.4) is 0 Å². The fraction of sp³-hybridized carbons (Fsp3) is 0. The first-order valence-corrected chi connectivity index (χ1v) is 50.9. The maximum atomic E-state index is 6.64. The number of para-hydroxylation sites is 8. The monoisotopic (exact) mass is 1890 g/mol. The summed E-state index contributed by atoms with van der Waals surface area (Å²) in [5, 5.41) is 17.4. The number of fused-ring (bicyclic) bond motifs is 21. The minimum Gasteiger partial charge on any atom is -0.455 e. The van der Waals surface area contributed by atoms with Crippen LogP contribution in [0.25, 0.3) is 200 Å². The molecule has 0 aliphatic rings. The summed E-state index contributed by atoms with van der Waals surface area (Å²) in [6.07, 6.45) is 0. The molecule has 7 nitrogen and oxygen atoms in total. The van der Waals surface area contributed by atoms with Crippen molar-refractivity contribution < 1.29 is 4.42 Å². The maximum absolute atomic E-state index is 6.64. The summed E-state index contributed by atoms with van der Waals surface area (Å²) in [6, 6.07) is 196. The van der Waals surface area contributed by atoms with Crippen LogP contribution in [-0.2, 0) is 0 Å². The highest BCUT2D eigenvalue weighted by Crippen LogP contribution is 2.50. The molecule has 0 amide bonds. The highest BCUT2D eigenvalue weighted by atomic mass is 32.1. The molecule has 0 fully saturated rings. The first-order chi connectivity index (χ1) is 71.9. The summed E-state index contributed by atoms with van der Waals surface area (Å²) < 4.78 is 19.2. The summed E-state index contributed by atoms with van der Waals surface area (Å²) in [4.78, 5) is 6.96. The zero-order valence-electron chi connectivity index (χ0n) is 78.9. The predicted molar refractivity (Wildman–Crippen MR) is 619 cm³/mol. The van der Waals surface area contributed by atoms with Crippen molar-refractivity contribution in [3.63, 3.8) is 0 Å². The molecule has 0 unspecified atom stereocenters. The average molecular weight is 1890 g/mol. The third-order valence-electron chi connectivity index (χ3n) is 28.5. The van der Waals surface area contributed by atoms with Crippen LogP contribution in [0.1, 0.15) is 0 Å². The van der Waals surface area contributed by atoms with Crippen LogP contribution in [0.2, 0.25) is 0 Å². The van der Waals surface area contributed by atoms with Crippen molar-refractivity contribution in [3.05, 3.63) is 546 Å². The van der Waals surface area contributed by atoms with Gasteiger partial charge in [-0.2, -0.15) is 0 Å². The van der Waals surface area contributed by atoms with Gasteiger partial charge in [0.05, 0.1) is 38.5 Å². The lowest BCUT2D eigenvalue weighted by Crippen LogP contribution is -2.09. The Bertz CT molecular complexity index is 9850. The minimum atomic E-state index is 0.906. The molecule has 6 heterocycles. The highest BCUT2D eigenvalue weighted by molar-refractivity contribution is 7.27. The van der Waals surface area contributed by atoms with Gasteiger partial charge < -0.3 is 32.8 Å². The lowest BCUT2D eigenvalue weighted by molar-refractivity contribution is 0.673. The number of rotatable bonds is 16. The molecule has 682 valence electrons.